The van der Waals surface area contributed by atoms with Gasteiger partial charge < -0.3 is 19.4 Å². The van der Waals surface area contributed by atoms with E-state index in [1.807, 2.05) is 54.6 Å². The van der Waals surface area contributed by atoms with Gasteiger partial charge in [-0.15, -0.1) is 5.56 Å². The minimum Gasteiger partial charge on any atom is -0.473 e. The zero-order valence-corrected chi connectivity index (χ0v) is 16.8. The Morgan fingerprint density at radius 1 is 0.821 bits per heavy atom. The molecule has 2 aliphatic rings. The molecule has 6 rings (SSSR count). The zero-order valence-electron chi connectivity index (χ0n) is 14.4. The van der Waals surface area contributed by atoms with Crippen molar-refractivity contribution in [2.45, 2.75) is 0 Å². The van der Waals surface area contributed by atoms with Crippen molar-refractivity contribution in [3.05, 3.63) is 79.3 Å². The van der Waals surface area contributed by atoms with Crippen molar-refractivity contribution in [1.82, 2.24) is 9.97 Å². The number of hydrogen-bond acceptors (Lipinski definition) is 5. The van der Waals surface area contributed by atoms with Gasteiger partial charge in [-0.2, -0.15) is 0 Å². The Kier molecular flexibility index (Phi) is 3.90. The van der Waals surface area contributed by atoms with Crippen molar-refractivity contribution in [3.8, 4) is 34.3 Å². The van der Waals surface area contributed by atoms with E-state index in [1.165, 1.54) is 0 Å². The third-order valence-corrected chi connectivity index (χ3v) is 4.68. The van der Waals surface area contributed by atoms with Crippen LogP contribution < -0.4 is 14.4 Å². The molecule has 0 aliphatic carbocycles. The second kappa shape index (κ2) is 6.44. The molecule has 6 heteroatoms. The van der Waals surface area contributed by atoms with E-state index < -0.39 is 0 Å². The molecule has 0 atom stereocenters. The molecule has 0 unspecified atom stereocenters. The van der Waals surface area contributed by atoms with Gasteiger partial charge in [-0.3, -0.25) is 4.98 Å². The number of anilines is 3. The Morgan fingerprint density at radius 3 is 2.25 bits per heavy atom. The minimum atomic E-state index is 0. The Balaban J connectivity index is 0.00000171. The van der Waals surface area contributed by atoms with E-state index in [4.69, 9.17) is 9.47 Å². The number of aromatic nitrogens is 2. The van der Waals surface area contributed by atoms with Crippen LogP contribution in [0.5, 0.6) is 23.0 Å². The summed E-state index contributed by atoms with van der Waals surface area (Å²) in [5.74, 6) is 2.89. The van der Waals surface area contributed by atoms with E-state index in [0.29, 0.717) is 17.2 Å². The average Bonchev–Trinajstić information content (AvgIpc) is 2.74. The van der Waals surface area contributed by atoms with Crippen LogP contribution in [0, 0.1) is 6.07 Å². The maximum Gasteiger partial charge on any atom is 0.148 e. The molecule has 0 N–H and O–H groups in total. The Labute approximate surface area is 174 Å². The molecule has 0 saturated carbocycles. The van der Waals surface area contributed by atoms with E-state index in [-0.39, 0.29) is 20.1 Å². The average molecular weight is 543 g/mol. The molecule has 0 fully saturated rings. The summed E-state index contributed by atoms with van der Waals surface area (Å²) >= 11 is 0. The van der Waals surface area contributed by atoms with Crippen molar-refractivity contribution < 1.29 is 29.6 Å². The maximum absolute atomic E-state index is 6.21. The van der Waals surface area contributed by atoms with Crippen LogP contribution in [0.25, 0.3) is 11.3 Å². The third-order valence-electron chi connectivity index (χ3n) is 4.68. The van der Waals surface area contributed by atoms with Crippen LogP contribution in [-0.4, -0.2) is 9.97 Å². The minimum absolute atomic E-state index is 0. The van der Waals surface area contributed by atoms with Gasteiger partial charge in [-0.1, -0.05) is 36.4 Å². The molecule has 28 heavy (non-hydrogen) atoms. The van der Waals surface area contributed by atoms with E-state index in [0.717, 1.165) is 34.1 Å². The number of hydrogen-bond donors (Lipinski definition) is 0. The summed E-state index contributed by atoms with van der Waals surface area (Å²) in [7, 11) is 0. The predicted octanol–water partition coefficient (Wildman–Crippen LogP) is 5.62. The summed E-state index contributed by atoms with van der Waals surface area (Å²) in [5, 5.41) is 0. The van der Waals surface area contributed by atoms with Gasteiger partial charge in [0.25, 0.3) is 0 Å². The second-order valence-corrected chi connectivity index (χ2v) is 6.29. The number of para-hydroxylation sites is 4. The summed E-state index contributed by atoms with van der Waals surface area (Å²) in [5.41, 5.74) is 4.29. The maximum atomic E-state index is 6.21. The van der Waals surface area contributed by atoms with Crippen molar-refractivity contribution in [2.24, 2.45) is 0 Å². The molecular formula is C22H12IrN3O2-. The molecular weight excluding hydrogens is 530 g/mol. The van der Waals surface area contributed by atoms with Gasteiger partial charge in [-0.25, -0.2) is 0 Å². The monoisotopic (exact) mass is 543 g/mol. The fraction of sp³-hybridized carbons (Fsp3) is 0. The van der Waals surface area contributed by atoms with E-state index in [9.17, 15) is 0 Å². The second-order valence-electron chi connectivity index (χ2n) is 6.29. The molecule has 137 valence electrons. The van der Waals surface area contributed by atoms with Crippen LogP contribution >= 0.6 is 0 Å². The third kappa shape index (κ3) is 2.43. The largest absolute Gasteiger partial charge is 0.473 e. The number of fused-ring (bicyclic) bond motifs is 4. The van der Waals surface area contributed by atoms with Gasteiger partial charge >= 0.3 is 0 Å². The van der Waals surface area contributed by atoms with Gasteiger partial charge in [0.2, 0.25) is 0 Å². The fourth-order valence-corrected chi connectivity index (χ4v) is 3.52. The Hall–Kier alpha value is -3.21. The van der Waals surface area contributed by atoms with Crippen LogP contribution in [0.4, 0.5) is 17.1 Å². The van der Waals surface area contributed by atoms with Crippen LogP contribution in [0.15, 0.2) is 73.2 Å². The fourth-order valence-electron chi connectivity index (χ4n) is 3.52. The van der Waals surface area contributed by atoms with Gasteiger partial charge in [0.05, 0.1) is 22.9 Å². The van der Waals surface area contributed by atoms with Crippen molar-refractivity contribution >= 4 is 17.1 Å². The number of ether oxygens (including phenoxy) is 2. The van der Waals surface area contributed by atoms with Gasteiger partial charge in [0, 0.05) is 50.1 Å². The summed E-state index contributed by atoms with van der Waals surface area (Å²) in [6, 6.07) is 21.2. The molecule has 5 nitrogen and oxygen atoms in total. The molecule has 1 aromatic heterocycles. The molecule has 3 heterocycles. The van der Waals surface area contributed by atoms with E-state index >= 15 is 0 Å². The molecule has 3 aromatic carbocycles. The first-order valence-corrected chi connectivity index (χ1v) is 8.59. The van der Waals surface area contributed by atoms with Crippen molar-refractivity contribution in [3.63, 3.8) is 0 Å². The van der Waals surface area contributed by atoms with Gasteiger partial charge in [-0.05, 0) is 24.3 Å². The SMILES string of the molecule is [Ir].[c-]1c(-c2cnccn2)cc2c3c1Oc1ccccc1N3c1ccccc1O2. The normalized spacial score (nSPS) is 12.5. The number of nitrogens with zero attached hydrogens (tertiary/aromatic N) is 3. The first kappa shape index (κ1) is 16.9. The van der Waals surface area contributed by atoms with Crippen molar-refractivity contribution in [1.29, 1.82) is 0 Å². The first-order chi connectivity index (χ1) is 13.4. The topological polar surface area (TPSA) is 47.5 Å². The van der Waals surface area contributed by atoms with Crippen LogP contribution in [0.2, 0.25) is 0 Å². The molecule has 1 radical (unpaired) electrons. The summed E-state index contributed by atoms with van der Waals surface area (Å²) in [4.78, 5) is 10.7. The van der Waals surface area contributed by atoms with E-state index in [1.54, 1.807) is 18.6 Å². The van der Waals surface area contributed by atoms with Crippen LogP contribution in [0.1, 0.15) is 0 Å². The number of benzene rings is 3. The molecule has 4 aromatic rings. The quantitative estimate of drug-likeness (QED) is 0.253. The Bertz CT molecular complexity index is 1130. The predicted molar refractivity (Wildman–Crippen MR) is 101 cm³/mol. The Morgan fingerprint density at radius 2 is 1.54 bits per heavy atom. The van der Waals surface area contributed by atoms with Gasteiger partial charge in [0.15, 0.2) is 0 Å². The van der Waals surface area contributed by atoms with Crippen LogP contribution in [-0.2, 0) is 20.1 Å². The summed E-state index contributed by atoms with van der Waals surface area (Å²) in [6.45, 7) is 0. The molecule has 2 aliphatic heterocycles. The molecule has 0 saturated heterocycles. The van der Waals surface area contributed by atoms with E-state index in [2.05, 4.69) is 20.9 Å². The smallest absolute Gasteiger partial charge is 0.148 e. The summed E-state index contributed by atoms with van der Waals surface area (Å²) in [6.07, 6.45) is 5.01. The summed E-state index contributed by atoms with van der Waals surface area (Å²) < 4.78 is 12.4. The molecule has 0 spiro atoms. The standard InChI is InChI=1S/C22H12N3O2.Ir/c1-3-7-18-16(5-1)25-17-6-2-4-8-19(17)27-21-12-14(11-20(26-18)22(21)25)15-13-23-9-10-24-15;/h1-11,13H;/q-1;. The number of rotatable bonds is 1. The molecule has 0 amide bonds. The van der Waals surface area contributed by atoms with Gasteiger partial charge in [0.1, 0.15) is 11.5 Å². The first-order valence-electron chi connectivity index (χ1n) is 8.59. The zero-order chi connectivity index (χ0) is 17.8. The van der Waals surface area contributed by atoms with Crippen LogP contribution in [0.3, 0.4) is 0 Å². The van der Waals surface area contributed by atoms with Crippen molar-refractivity contribution in [2.75, 3.05) is 4.90 Å². The molecule has 0 bridgehead atoms.